The Morgan fingerprint density at radius 3 is 2.52 bits per heavy atom. The van der Waals surface area contributed by atoms with Crippen molar-refractivity contribution in [3.63, 3.8) is 0 Å². The van der Waals surface area contributed by atoms with E-state index in [4.69, 9.17) is 23.2 Å². The highest BCUT2D eigenvalue weighted by molar-refractivity contribution is 6.33. The lowest BCUT2D eigenvalue weighted by Crippen LogP contribution is -2.29. The quantitative estimate of drug-likeness (QED) is 0.660. The molecule has 120 valence electrons. The van der Waals surface area contributed by atoms with Crippen molar-refractivity contribution in [2.75, 3.05) is 0 Å². The maximum atomic E-state index is 14.6. The lowest BCUT2D eigenvalue weighted by molar-refractivity contribution is 0.539. The van der Waals surface area contributed by atoms with Gasteiger partial charge in [-0.15, -0.1) is 0 Å². The average molecular weight is 352 g/mol. The van der Waals surface area contributed by atoms with Gasteiger partial charge in [0.1, 0.15) is 11.5 Å². The molecule has 3 nitrogen and oxygen atoms in total. The molecule has 0 fully saturated rings. The minimum absolute atomic E-state index is 0.0787. The first-order chi connectivity index (χ1) is 10.9. The van der Waals surface area contributed by atoms with Crippen molar-refractivity contribution in [2.45, 2.75) is 39.0 Å². The molecule has 23 heavy (non-hydrogen) atoms. The third-order valence-corrected chi connectivity index (χ3v) is 5.21. The van der Waals surface area contributed by atoms with E-state index in [1.807, 2.05) is 13.0 Å². The summed E-state index contributed by atoms with van der Waals surface area (Å²) < 4.78 is 14.6. The summed E-state index contributed by atoms with van der Waals surface area (Å²) in [7, 11) is 0. The minimum Gasteiger partial charge on any atom is -0.254 e. The van der Waals surface area contributed by atoms with Crippen LogP contribution in [0.15, 0.2) is 23.3 Å². The van der Waals surface area contributed by atoms with Gasteiger partial charge >= 0.3 is 0 Å². The van der Waals surface area contributed by atoms with Crippen LogP contribution in [0, 0.1) is 5.82 Å². The molecule has 0 saturated heterocycles. The van der Waals surface area contributed by atoms with Crippen molar-refractivity contribution in [2.24, 2.45) is 4.99 Å². The van der Waals surface area contributed by atoms with Gasteiger partial charge in [-0.1, -0.05) is 25.4 Å². The maximum Gasteiger partial charge on any atom is 0.222 e. The van der Waals surface area contributed by atoms with E-state index in [1.165, 1.54) is 12.3 Å². The smallest absolute Gasteiger partial charge is 0.222 e. The summed E-state index contributed by atoms with van der Waals surface area (Å²) in [6.07, 6.45) is 3.13. The number of benzene rings is 1. The summed E-state index contributed by atoms with van der Waals surface area (Å²) in [6, 6.07) is 3.33. The molecule has 1 aromatic carbocycles. The molecule has 0 aliphatic carbocycles. The average Bonchev–Trinajstić information content (AvgIpc) is 2.82. The van der Waals surface area contributed by atoms with E-state index in [-0.39, 0.29) is 16.5 Å². The second kappa shape index (κ2) is 5.84. The number of aromatic nitrogens is 2. The molecule has 0 atom stereocenters. The largest absolute Gasteiger partial charge is 0.254 e. The minimum atomic E-state index is -0.369. The Balaban J connectivity index is 2.25. The first kappa shape index (κ1) is 16.3. The van der Waals surface area contributed by atoms with Crippen molar-refractivity contribution >= 4 is 34.6 Å². The number of aliphatic imine (C=N–C) groups is 1. The number of fused-ring (bicyclic) bond motifs is 1. The third-order valence-electron chi connectivity index (χ3n) is 4.75. The normalized spacial score (nSPS) is 15.5. The Labute approximate surface area is 144 Å². The van der Waals surface area contributed by atoms with Crippen molar-refractivity contribution in [3.8, 4) is 11.3 Å². The zero-order chi connectivity index (χ0) is 16.8. The van der Waals surface area contributed by atoms with Crippen LogP contribution in [0.1, 0.15) is 39.2 Å². The number of halogens is 3. The van der Waals surface area contributed by atoms with Gasteiger partial charge in [0.25, 0.3) is 0 Å². The molecule has 0 saturated carbocycles. The molecule has 3 rings (SSSR count). The molecule has 2 aromatic rings. The summed E-state index contributed by atoms with van der Waals surface area (Å²) in [5.74, 6) is -0.369. The molecular formula is C17H16Cl2FN3. The Kier molecular flexibility index (Phi) is 4.15. The highest BCUT2D eigenvalue weighted by atomic mass is 35.5. The summed E-state index contributed by atoms with van der Waals surface area (Å²) in [5, 5.41) is 0.415. The van der Waals surface area contributed by atoms with Gasteiger partial charge < -0.3 is 0 Å². The molecule has 0 unspecified atom stereocenters. The third kappa shape index (κ3) is 2.45. The maximum absolute atomic E-state index is 14.6. The van der Waals surface area contributed by atoms with Gasteiger partial charge in [0.05, 0.1) is 16.9 Å². The molecule has 2 heterocycles. The fourth-order valence-electron chi connectivity index (χ4n) is 3.37. The second-order valence-electron chi connectivity index (χ2n) is 5.68. The molecular weight excluding hydrogens is 336 g/mol. The number of hydrogen-bond acceptors (Lipinski definition) is 3. The lowest BCUT2D eigenvalue weighted by Gasteiger charge is -2.28. The molecule has 0 amide bonds. The fraction of sp³-hybridized carbons (Fsp3) is 0.353. The first-order valence-corrected chi connectivity index (χ1v) is 8.26. The number of nitrogens with zero attached hydrogens (tertiary/aromatic N) is 3. The van der Waals surface area contributed by atoms with E-state index in [1.54, 1.807) is 0 Å². The molecule has 6 heteroatoms. The molecule has 1 aliphatic rings. The standard InChI is InChI=1S/C17H16Cl2FN3/c1-4-17(5-2)9(3)22-15-11(17)6-10(7-13(15)20)14-12(18)8-21-16(19)23-14/h6-8H,4-5H2,1-3H3. The van der Waals surface area contributed by atoms with E-state index in [9.17, 15) is 4.39 Å². The van der Waals surface area contributed by atoms with Gasteiger partial charge in [-0.3, -0.25) is 4.99 Å². The highest BCUT2D eigenvalue weighted by Gasteiger charge is 2.40. The van der Waals surface area contributed by atoms with Gasteiger partial charge in [-0.25, -0.2) is 14.4 Å². The summed E-state index contributed by atoms with van der Waals surface area (Å²) in [5.41, 5.74) is 3.04. The van der Waals surface area contributed by atoms with Gasteiger partial charge in [0.15, 0.2) is 0 Å². The Bertz CT molecular complexity index is 814. The van der Waals surface area contributed by atoms with Gasteiger partial charge in [0, 0.05) is 16.7 Å². The number of rotatable bonds is 3. The van der Waals surface area contributed by atoms with Crippen LogP contribution in [0.2, 0.25) is 10.3 Å². The zero-order valence-electron chi connectivity index (χ0n) is 13.1. The van der Waals surface area contributed by atoms with E-state index < -0.39 is 0 Å². The van der Waals surface area contributed by atoms with E-state index >= 15 is 0 Å². The van der Waals surface area contributed by atoms with E-state index in [2.05, 4.69) is 28.8 Å². The van der Waals surface area contributed by atoms with Crippen LogP contribution in [-0.2, 0) is 5.41 Å². The first-order valence-electron chi connectivity index (χ1n) is 7.51. The Morgan fingerprint density at radius 1 is 1.17 bits per heavy atom. The van der Waals surface area contributed by atoms with Crippen molar-refractivity contribution < 1.29 is 4.39 Å². The zero-order valence-corrected chi connectivity index (χ0v) is 14.6. The molecule has 0 spiro atoms. The summed E-state index contributed by atoms with van der Waals surface area (Å²) in [4.78, 5) is 12.5. The molecule has 0 bridgehead atoms. The van der Waals surface area contributed by atoms with Crippen LogP contribution in [-0.4, -0.2) is 15.7 Å². The molecule has 0 N–H and O–H groups in total. The van der Waals surface area contributed by atoms with E-state index in [0.29, 0.717) is 22.0 Å². The lowest BCUT2D eigenvalue weighted by atomic mass is 9.73. The monoisotopic (exact) mass is 351 g/mol. The van der Waals surface area contributed by atoms with Gasteiger partial charge in [-0.05, 0) is 49.1 Å². The van der Waals surface area contributed by atoms with Crippen molar-refractivity contribution in [1.29, 1.82) is 0 Å². The van der Waals surface area contributed by atoms with Crippen molar-refractivity contribution in [1.82, 2.24) is 9.97 Å². The Hall–Kier alpha value is -1.52. The van der Waals surface area contributed by atoms with Crippen LogP contribution >= 0.6 is 23.2 Å². The van der Waals surface area contributed by atoms with Crippen LogP contribution < -0.4 is 0 Å². The van der Waals surface area contributed by atoms with Crippen LogP contribution in [0.3, 0.4) is 0 Å². The van der Waals surface area contributed by atoms with Gasteiger partial charge in [0.2, 0.25) is 5.28 Å². The van der Waals surface area contributed by atoms with E-state index in [0.717, 1.165) is 24.1 Å². The summed E-state index contributed by atoms with van der Waals surface area (Å²) in [6.45, 7) is 6.15. The number of hydrogen-bond donors (Lipinski definition) is 0. The highest BCUT2D eigenvalue weighted by Crippen LogP contribution is 2.47. The van der Waals surface area contributed by atoms with Crippen LogP contribution in [0.5, 0.6) is 0 Å². The Morgan fingerprint density at radius 2 is 1.87 bits per heavy atom. The molecule has 1 aliphatic heterocycles. The fourth-order valence-corrected chi connectivity index (χ4v) is 3.71. The van der Waals surface area contributed by atoms with Gasteiger partial charge in [-0.2, -0.15) is 0 Å². The van der Waals surface area contributed by atoms with Crippen molar-refractivity contribution in [3.05, 3.63) is 40.0 Å². The summed E-state index contributed by atoms with van der Waals surface area (Å²) >= 11 is 12.0. The molecule has 1 aromatic heterocycles. The second-order valence-corrected chi connectivity index (χ2v) is 6.42. The molecule has 0 radical (unpaired) electrons. The van der Waals surface area contributed by atoms with Crippen LogP contribution in [0.4, 0.5) is 10.1 Å². The topological polar surface area (TPSA) is 38.1 Å². The predicted octanol–water partition coefficient (Wildman–Crippen LogP) is 5.75. The SMILES string of the molecule is CCC1(CC)C(C)=Nc2c(F)cc(-c3nc(Cl)ncc3Cl)cc21. The predicted molar refractivity (Wildman–Crippen MR) is 92.5 cm³/mol. The van der Waals surface area contributed by atoms with Crippen LogP contribution in [0.25, 0.3) is 11.3 Å².